The summed E-state index contributed by atoms with van der Waals surface area (Å²) in [6, 6.07) is 9.96. The Morgan fingerprint density at radius 1 is 1.00 bits per heavy atom. The van der Waals surface area contributed by atoms with Crippen molar-refractivity contribution in [1.82, 2.24) is 0 Å². The van der Waals surface area contributed by atoms with Gasteiger partial charge in [-0.2, -0.15) is 0 Å². The number of fused-ring (bicyclic) bond motifs is 3. The number of nitrogens with one attached hydrogen (secondary N) is 1. The Kier molecular flexibility index (Phi) is 4.21. The van der Waals surface area contributed by atoms with Crippen LogP contribution in [0.1, 0.15) is 48.6 Å². The number of halogens is 2. The maximum absolute atomic E-state index is 13.7. The van der Waals surface area contributed by atoms with Crippen LogP contribution in [0.25, 0.3) is 0 Å². The summed E-state index contributed by atoms with van der Waals surface area (Å²) in [4.78, 5) is 0. The predicted octanol–water partition coefficient (Wildman–Crippen LogP) is 4.71. The fourth-order valence-electron chi connectivity index (χ4n) is 3.61. The molecule has 5 heteroatoms. The van der Waals surface area contributed by atoms with E-state index in [1.807, 2.05) is 6.07 Å². The highest BCUT2D eigenvalue weighted by Crippen LogP contribution is 2.45. The van der Waals surface area contributed by atoms with Crippen LogP contribution in [0.5, 0.6) is 0 Å². The summed E-state index contributed by atoms with van der Waals surface area (Å²) in [5.41, 5.74) is 3.90. The third kappa shape index (κ3) is 2.92. The molecule has 1 saturated heterocycles. The number of rotatable bonds is 2. The van der Waals surface area contributed by atoms with E-state index in [1.165, 1.54) is 11.6 Å². The van der Waals surface area contributed by atoms with Gasteiger partial charge in [-0.3, -0.25) is 0 Å². The summed E-state index contributed by atoms with van der Waals surface area (Å²) in [5, 5.41) is 3.43. The van der Waals surface area contributed by atoms with Gasteiger partial charge in [0.25, 0.3) is 0 Å². The molecule has 2 aliphatic heterocycles. The van der Waals surface area contributed by atoms with Crippen molar-refractivity contribution < 1.29 is 18.3 Å². The van der Waals surface area contributed by atoms with E-state index in [4.69, 9.17) is 9.47 Å². The van der Waals surface area contributed by atoms with Gasteiger partial charge < -0.3 is 14.8 Å². The molecule has 132 valence electrons. The van der Waals surface area contributed by atoms with Crippen molar-refractivity contribution in [1.29, 1.82) is 0 Å². The average molecular weight is 345 g/mol. The van der Waals surface area contributed by atoms with Gasteiger partial charge in [0.1, 0.15) is 12.2 Å². The first kappa shape index (κ1) is 16.5. The zero-order valence-corrected chi connectivity index (χ0v) is 14.3. The second kappa shape index (κ2) is 6.39. The number of ether oxygens (including phenoxy) is 2. The van der Waals surface area contributed by atoms with Crippen molar-refractivity contribution >= 4 is 5.69 Å². The van der Waals surface area contributed by atoms with Crippen molar-refractivity contribution in [2.24, 2.45) is 0 Å². The second-order valence-electron chi connectivity index (χ2n) is 6.92. The Bertz CT molecular complexity index is 793. The molecule has 0 bridgehead atoms. The molecule has 1 N–H and O–H groups in total. The predicted molar refractivity (Wildman–Crippen MR) is 91.7 cm³/mol. The van der Waals surface area contributed by atoms with Gasteiger partial charge in [0.15, 0.2) is 11.6 Å². The van der Waals surface area contributed by atoms with Crippen molar-refractivity contribution in [2.75, 3.05) is 18.5 Å². The molecule has 2 aromatic rings. The number of hydrogen-bond acceptors (Lipinski definition) is 3. The van der Waals surface area contributed by atoms with Crippen LogP contribution in [0, 0.1) is 11.6 Å². The van der Waals surface area contributed by atoms with E-state index in [0.29, 0.717) is 24.7 Å². The van der Waals surface area contributed by atoms with Gasteiger partial charge in [0, 0.05) is 11.3 Å². The minimum atomic E-state index is -0.853. The maximum Gasteiger partial charge on any atom is 0.159 e. The van der Waals surface area contributed by atoms with Crippen LogP contribution in [0.4, 0.5) is 14.5 Å². The van der Waals surface area contributed by atoms with Crippen LogP contribution in [-0.2, 0) is 9.47 Å². The third-order valence-electron chi connectivity index (χ3n) is 4.98. The molecule has 2 aliphatic rings. The van der Waals surface area contributed by atoms with Crippen LogP contribution < -0.4 is 5.32 Å². The lowest BCUT2D eigenvalue weighted by atomic mass is 9.86. The third-order valence-corrected chi connectivity index (χ3v) is 4.98. The molecule has 0 amide bonds. The standard InChI is InChI=1S/C20H21F2NO2/c1-11(2)12-4-6-17-14(9-12)19-20(25-8-7-24-19)18(23-17)13-3-5-15(21)16(22)10-13/h3-6,9-11,18-20,23H,7-8H2,1-2H3. The number of hydrogen-bond donors (Lipinski definition) is 1. The summed E-state index contributed by atoms with van der Waals surface area (Å²) in [7, 11) is 0. The molecule has 3 nitrogen and oxygen atoms in total. The Labute approximate surface area is 146 Å². The van der Waals surface area contributed by atoms with Crippen molar-refractivity contribution in [3.05, 3.63) is 64.7 Å². The highest BCUT2D eigenvalue weighted by Gasteiger charge is 2.41. The Hall–Kier alpha value is -1.98. The van der Waals surface area contributed by atoms with Crippen molar-refractivity contribution in [3.63, 3.8) is 0 Å². The molecule has 25 heavy (non-hydrogen) atoms. The quantitative estimate of drug-likeness (QED) is 0.855. The smallest absolute Gasteiger partial charge is 0.159 e. The van der Waals surface area contributed by atoms with Crippen LogP contribution in [-0.4, -0.2) is 19.3 Å². The van der Waals surface area contributed by atoms with Gasteiger partial charge in [0.2, 0.25) is 0 Å². The van der Waals surface area contributed by atoms with E-state index < -0.39 is 11.6 Å². The topological polar surface area (TPSA) is 30.5 Å². The van der Waals surface area contributed by atoms with Gasteiger partial charge in [-0.05, 0) is 35.2 Å². The molecule has 2 aromatic carbocycles. The summed E-state index contributed by atoms with van der Waals surface area (Å²) in [6.07, 6.45) is -0.504. The molecular weight excluding hydrogens is 324 g/mol. The first-order valence-corrected chi connectivity index (χ1v) is 8.63. The highest BCUT2D eigenvalue weighted by molar-refractivity contribution is 5.59. The molecule has 0 aliphatic carbocycles. The van der Waals surface area contributed by atoms with Gasteiger partial charge in [0.05, 0.1) is 19.3 Å². The summed E-state index contributed by atoms with van der Waals surface area (Å²) >= 11 is 0. The minimum Gasteiger partial charge on any atom is -0.375 e. The molecule has 3 atom stereocenters. The van der Waals surface area contributed by atoms with E-state index in [0.717, 1.165) is 17.3 Å². The number of anilines is 1. The molecule has 0 radical (unpaired) electrons. The monoisotopic (exact) mass is 345 g/mol. The Morgan fingerprint density at radius 2 is 1.80 bits per heavy atom. The van der Waals surface area contributed by atoms with Crippen LogP contribution in [0.15, 0.2) is 36.4 Å². The first-order chi connectivity index (χ1) is 12.0. The van der Waals surface area contributed by atoms with Crippen molar-refractivity contribution in [2.45, 2.75) is 38.0 Å². The largest absolute Gasteiger partial charge is 0.375 e. The molecule has 0 spiro atoms. The van der Waals surface area contributed by atoms with E-state index in [1.54, 1.807) is 6.07 Å². The van der Waals surface area contributed by atoms with Crippen LogP contribution in [0.3, 0.4) is 0 Å². The lowest BCUT2D eigenvalue weighted by Crippen LogP contribution is -2.43. The zero-order valence-electron chi connectivity index (χ0n) is 14.3. The van der Waals surface area contributed by atoms with Crippen molar-refractivity contribution in [3.8, 4) is 0 Å². The molecule has 2 heterocycles. The second-order valence-corrected chi connectivity index (χ2v) is 6.92. The van der Waals surface area contributed by atoms with Gasteiger partial charge in [-0.25, -0.2) is 8.78 Å². The van der Waals surface area contributed by atoms with Gasteiger partial charge >= 0.3 is 0 Å². The Morgan fingerprint density at radius 3 is 2.56 bits per heavy atom. The first-order valence-electron chi connectivity index (χ1n) is 8.63. The molecule has 0 saturated carbocycles. The number of benzene rings is 2. The fraction of sp³-hybridized carbons (Fsp3) is 0.400. The molecule has 1 fully saturated rings. The molecule has 4 rings (SSSR count). The maximum atomic E-state index is 13.7. The summed E-state index contributed by atoms with van der Waals surface area (Å²) in [6.45, 7) is 5.31. The average Bonchev–Trinajstić information content (AvgIpc) is 2.63. The molecule has 0 aromatic heterocycles. The molecular formula is C20H21F2NO2. The van der Waals surface area contributed by atoms with Gasteiger partial charge in [-0.15, -0.1) is 0 Å². The van der Waals surface area contributed by atoms with E-state index in [2.05, 4.69) is 31.3 Å². The zero-order chi connectivity index (χ0) is 17.6. The van der Waals surface area contributed by atoms with E-state index >= 15 is 0 Å². The lowest BCUT2D eigenvalue weighted by molar-refractivity contribution is -0.151. The minimum absolute atomic E-state index is 0.221. The summed E-state index contributed by atoms with van der Waals surface area (Å²) in [5.74, 6) is -1.29. The normalized spacial score (nSPS) is 25.2. The lowest BCUT2D eigenvalue weighted by Gasteiger charge is -2.43. The fourth-order valence-corrected chi connectivity index (χ4v) is 3.61. The Balaban J connectivity index is 1.76. The highest BCUT2D eigenvalue weighted by atomic mass is 19.2. The van der Waals surface area contributed by atoms with Gasteiger partial charge in [-0.1, -0.05) is 32.0 Å². The SMILES string of the molecule is CC(C)c1ccc2c(c1)C1OCCOC1C(c1ccc(F)c(F)c1)N2. The van der Waals surface area contributed by atoms with Crippen LogP contribution in [0.2, 0.25) is 0 Å². The van der Waals surface area contributed by atoms with E-state index in [9.17, 15) is 8.78 Å². The van der Waals surface area contributed by atoms with Crippen LogP contribution >= 0.6 is 0 Å². The van der Waals surface area contributed by atoms with E-state index in [-0.39, 0.29) is 18.2 Å². The summed E-state index contributed by atoms with van der Waals surface area (Å²) < 4.78 is 39.0. The molecule has 3 unspecified atom stereocenters.